The van der Waals surface area contributed by atoms with Crippen molar-refractivity contribution in [3.05, 3.63) is 36.2 Å². The summed E-state index contributed by atoms with van der Waals surface area (Å²) in [7, 11) is 0. The fraction of sp³-hybridized carbons (Fsp3) is 0.0909. The highest BCUT2D eigenvalue weighted by molar-refractivity contribution is 5.86. The summed E-state index contributed by atoms with van der Waals surface area (Å²) >= 11 is 0. The molecule has 0 aliphatic heterocycles. The Balaban J connectivity index is 1.84. The number of aromatic nitrogens is 3. The number of rotatable bonds is 3. The van der Waals surface area contributed by atoms with Crippen molar-refractivity contribution in [1.82, 2.24) is 15.2 Å². The molecular formula is C11H11N5O. The Hall–Kier alpha value is -2.50. The second kappa shape index (κ2) is 3.82. The van der Waals surface area contributed by atoms with Gasteiger partial charge in [-0.3, -0.25) is 5.10 Å². The Morgan fingerprint density at radius 3 is 3.06 bits per heavy atom. The van der Waals surface area contributed by atoms with Gasteiger partial charge in [0.1, 0.15) is 5.52 Å². The van der Waals surface area contributed by atoms with Crippen molar-refractivity contribution in [1.29, 1.82) is 0 Å². The van der Waals surface area contributed by atoms with Gasteiger partial charge in [-0.1, -0.05) is 6.07 Å². The van der Waals surface area contributed by atoms with Crippen LogP contribution in [0, 0.1) is 0 Å². The highest BCUT2D eigenvalue weighted by Gasteiger charge is 2.07. The lowest BCUT2D eigenvalue weighted by Gasteiger charge is -1.96. The molecule has 3 aromatic rings. The van der Waals surface area contributed by atoms with Crippen LogP contribution in [0.2, 0.25) is 0 Å². The average molecular weight is 229 g/mol. The number of nitrogens with one attached hydrogen (secondary N) is 2. The Bertz CT molecular complexity index is 628. The summed E-state index contributed by atoms with van der Waals surface area (Å²) in [4.78, 5) is 4.27. The molecule has 0 aliphatic carbocycles. The molecule has 86 valence electrons. The van der Waals surface area contributed by atoms with E-state index in [-0.39, 0.29) is 0 Å². The van der Waals surface area contributed by atoms with Crippen LogP contribution in [0.15, 0.2) is 34.9 Å². The van der Waals surface area contributed by atoms with Crippen LogP contribution >= 0.6 is 0 Å². The molecule has 0 saturated heterocycles. The number of para-hydroxylation sites is 1. The highest BCUT2D eigenvalue weighted by atomic mass is 16.4. The molecule has 0 radical (unpaired) electrons. The first-order chi connectivity index (χ1) is 8.33. The molecule has 0 atom stereocenters. The molecule has 6 heteroatoms. The molecule has 6 nitrogen and oxygen atoms in total. The van der Waals surface area contributed by atoms with Crippen LogP contribution in [-0.2, 0) is 6.54 Å². The number of H-pyrrole nitrogens is 1. The third-order valence-electron chi connectivity index (χ3n) is 2.44. The number of fused-ring (bicyclic) bond motifs is 1. The minimum Gasteiger partial charge on any atom is -0.423 e. The molecule has 0 unspecified atom stereocenters. The van der Waals surface area contributed by atoms with Gasteiger partial charge in [0.2, 0.25) is 0 Å². The first kappa shape index (κ1) is 9.71. The maximum absolute atomic E-state index is 5.79. The average Bonchev–Trinajstić information content (AvgIpc) is 2.95. The zero-order valence-corrected chi connectivity index (χ0v) is 8.97. The Morgan fingerprint density at radius 2 is 2.29 bits per heavy atom. The predicted octanol–water partition coefficient (Wildman–Crippen LogP) is 1.75. The van der Waals surface area contributed by atoms with Gasteiger partial charge in [0.15, 0.2) is 5.58 Å². The molecular weight excluding hydrogens is 218 g/mol. The zero-order chi connectivity index (χ0) is 11.7. The monoisotopic (exact) mass is 229 g/mol. The van der Waals surface area contributed by atoms with Gasteiger partial charge in [-0.2, -0.15) is 10.1 Å². The van der Waals surface area contributed by atoms with Crippen molar-refractivity contribution in [3.8, 4) is 0 Å². The van der Waals surface area contributed by atoms with Gasteiger partial charge in [0.25, 0.3) is 6.01 Å². The fourth-order valence-corrected chi connectivity index (χ4v) is 1.60. The standard InChI is InChI=1S/C11H11N5O/c12-8-2-1-3-9-10(8)15-11(17-9)13-6-7-4-5-14-16-7/h1-5H,6,12H2,(H,13,15)(H,14,16). The predicted molar refractivity (Wildman–Crippen MR) is 64.3 cm³/mol. The van der Waals surface area contributed by atoms with Crippen molar-refractivity contribution in [2.24, 2.45) is 0 Å². The van der Waals surface area contributed by atoms with Gasteiger partial charge < -0.3 is 15.5 Å². The van der Waals surface area contributed by atoms with Crippen molar-refractivity contribution in [2.75, 3.05) is 11.1 Å². The molecule has 0 bridgehead atoms. The lowest BCUT2D eigenvalue weighted by atomic mass is 10.3. The summed E-state index contributed by atoms with van der Waals surface area (Å²) in [6.07, 6.45) is 1.70. The summed E-state index contributed by atoms with van der Waals surface area (Å²) in [6.45, 7) is 0.576. The quantitative estimate of drug-likeness (QED) is 0.595. The molecule has 3 rings (SSSR count). The summed E-state index contributed by atoms with van der Waals surface area (Å²) in [6, 6.07) is 7.79. The summed E-state index contributed by atoms with van der Waals surface area (Å²) < 4.78 is 5.51. The third kappa shape index (κ3) is 1.80. The van der Waals surface area contributed by atoms with Crippen LogP contribution in [-0.4, -0.2) is 15.2 Å². The smallest absolute Gasteiger partial charge is 0.296 e. The van der Waals surface area contributed by atoms with Gasteiger partial charge in [-0.05, 0) is 18.2 Å². The number of aromatic amines is 1. The first-order valence-corrected chi connectivity index (χ1v) is 5.20. The van der Waals surface area contributed by atoms with Crippen LogP contribution in [0.4, 0.5) is 11.7 Å². The van der Waals surface area contributed by atoms with Crippen LogP contribution in [0.1, 0.15) is 5.69 Å². The third-order valence-corrected chi connectivity index (χ3v) is 2.44. The van der Waals surface area contributed by atoms with E-state index in [9.17, 15) is 0 Å². The van der Waals surface area contributed by atoms with E-state index < -0.39 is 0 Å². The number of hydrogen-bond acceptors (Lipinski definition) is 5. The first-order valence-electron chi connectivity index (χ1n) is 5.20. The minimum absolute atomic E-state index is 0.451. The molecule has 4 N–H and O–H groups in total. The van der Waals surface area contributed by atoms with Gasteiger partial charge in [-0.15, -0.1) is 0 Å². The van der Waals surface area contributed by atoms with Crippen molar-refractivity contribution in [2.45, 2.75) is 6.54 Å². The molecule has 2 aromatic heterocycles. The van der Waals surface area contributed by atoms with Crippen LogP contribution in [0.25, 0.3) is 11.1 Å². The SMILES string of the molecule is Nc1cccc2oc(NCc3ccn[nH]3)nc12. The number of nitrogens with zero attached hydrogens (tertiary/aromatic N) is 2. The second-order valence-electron chi connectivity index (χ2n) is 3.65. The summed E-state index contributed by atoms with van der Waals surface area (Å²) in [5, 5.41) is 9.76. The van der Waals surface area contributed by atoms with Gasteiger partial charge >= 0.3 is 0 Å². The Labute approximate surface area is 96.8 Å². The molecule has 17 heavy (non-hydrogen) atoms. The summed E-state index contributed by atoms with van der Waals surface area (Å²) in [5.74, 6) is 0. The Kier molecular flexibility index (Phi) is 2.18. The van der Waals surface area contributed by atoms with Gasteiger partial charge in [0.05, 0.1) is 17.9 Å². The van der Waals surface area contributed by atoms with E-state index in [2.05, 4.69) is 20.5 Å². The van der Waals surface area contributed by atoms with E-state index >= 15 is 0 Å². The van der Waals surface area contributed by atoms with Gasteiger partial charge in [-0.25, -0.2) is 0 Å². The maximum atomic E-state index is 5.79. The van der Waals surface area contributed by atoms with Crippen molar-refractivity contribution < 1.29 is 4.42 Å². The van der Waals surface area contributed by atoms with E-state index in [0.717, 1.165) is 5.69 Å². The van der Waals surface area contributed by atoms with E-state index in [1.807, 2.05) is 18.2 Å². The van der Waals surface area contributed by atoms with Crippen LogP contribution in [0.5, 0.6) is 0 Å². The lowest BCUT2D eigenvalue weighted by molar-refractivity contribution is 0.613. The molecule has 0 amide bonds. The van der Waals surface area contributed by atoms with Crippen molar-refractivity contribution >= 4 is 22.8 Å². The molecule has 0 saturated carbocycles. The normalized spacial score (nSPS) is 10.8. The van der Waals surface area contributed by atoms with Crippen molar-refractivity contribution in [3.63, 3.8) is 0 Å². The van der Waals surface area contributed by atoms with E-state index in [4.69, 9.17) is 10.2 Å². The maximum Gasteiger partial charge on any atom is 0.296 e. The molecule has 2 heterocycles. The topological polar surface area (TPSA) is 92.8 Å². The van der Waals surface area contributed by atoms with Gasteiger partial charge in [0, 0.05) is 6.20 Å². The molecule has 0 aliphatic rings. The number of benzene rings is 1. The number of oxazole rings is 1. The molecule has 0 fully saturated rings. The zero-order valence-electron chi connectivity index (χ0n) is 8.97. The van der Waals surface area contributed by atoms with E-state index in [0.29, 0.717) is 29.3 Å². The van der Waals surface area contributed by atoms with E-state index in [1.54, 1.807) is 12.3 Å². The number of nitrogen functional groups attached to an aromatic ring is 1. The minimum atomic E-state index is 0.451. The van der Waals surface area contributed by atoms with E-state index in [1.165, 1.54) is 0 Å². The number of anilines is 2. The number of hydrogen-bond donors (Lipinski definition) is 3. The molecule has 0 spiro atoms. The summed E-state index contributed by atoms with van der Waals surface area (Å²) in [5.41, 5.74) is 8.72. The highest BCUT2D eigenvalue weighted by Crippen LogP contribution is 2.23. The largest absolute Gasteiger partial charge is 0.423 e. The Morgan fingerprint density at radius 1 is 1.35 bits per heavy atom. The number of nitrogens with two attached hydrogens (primary N) is 1. The second-order valence-corrected chi connectivity index (χ2v) is 3.65. The lowest BCUT2D eigenvalue weighted by Crippen LogP contribution is -1.99. The molecule has 1 aromatic carbocycles. The van der Waals surface area contributed by atoms with Crippen LogP contribution in [0.3, 0.4) is 0 Å². The van der Waals surface area contributed by atoms with Crippen LogP contribution < -0.4 is 11.1 Å². The fourth-order valence-electron chi connectivity index (χ4n) is 1.60.